The lowest BCUT2D eigenvalue weighted by molar-refractivity contribution is 0.0569. The van der Waals surface area contributed by atoms with E-state index in [4.69, 9.17) is 9.47 Å². The van der Waals surface area contributed by atoms with Gasteiger partial charge < -0.3 is 14.5 Å². The first-order valence-corrected chi connectivity index (χ1v) is 14.0. The second-order valence-corrected chi connectivity index (χ2v) is 10.8. The van der Waals surface area contributed by atoms with Crippen molar-refractivity contribution < 1.29 is 9.47 Å². The molecule has 204 valence electrons. The van der Waals surface area contributed by atoms with Crippen LogP contribution in [0.4, 0.5) is 0 Å². The zero-order valence-corrected chi connectivity index (χ0v) is 22.7. The maximum Gasteiger partial charge on any atom is 0.253 e. The molecule has 0 amide bonds. The number of benzene rings is 2. The number of ether oxygens (including phenoxy) is 2. The summed E-state index contributed by atoms with van der Waals surface area (Å²) in [7, 11) is 1.67. The van der Waals surface area contributed by atoms with Crippen molar-refractivity contribution in [2.75, 3.05) is 20.3 Å². The van der Waals surface area contributed by atoms with E-state index >= 15 is 0 Å². The zero-order valence-electron chi connectivity index (χ0n) is 22.7. The van der Waals surface area contributed by atoms with Crippen LogP contribution in [0.25, 0.3) is 10.9 Å². The molecule has 2 aromatic carbocycles. The molecule has 39 heavy (non-hydrogen) atoms. The maximum absolute atomic E-state index is 13.8. The number of nitrogens with zero attached hydrogens (tertiary/aromatic N) is 5. The molecule has 2 unspecified atom stereocenters. The van der Waals surface area contributed by atoms with Gasteiger partial charge in [0, 0.05) is 25.3 Å². The highest BCUT2D eigenvalue weighted by molar-refractivity contribution is 5.82. The standard InChI is InChI=1S/C30H36N6O3/c1-20-7-5-8-22-17-26(30(37)31-27(20)22)28(29-32-33-34-36(29)23-9-3-4-10-23)35(19-25-11-6-16-39-25)18-21-12-14-24(38-2)15-13-21/h5,7-8,12-15,17,23,25,28H,3-4,6,9-11,16,18-19H2,1-2H3,(H,31,37). The third-order valence-electron chi connectivity index (χ3n) is 8.22. The Kier molecular flexibility index (Phi) is 7.43. The summed E-state index contributed by atoms with van der Waals surface area (Å²) in [5.74, 6) is 1.53. The molecular weight excluding hydrogens is 492 g/mol. The number of H-pyrrole nitrogens is 1. The van der Waals surface area contributed by atoms with Crippen LogP contribution in [0.3, 0.4) is 0 Å². The Bertz CT molecular complexity index is 1470. The van der Waals surface area contributed by atoms with E-state index < -0.39 is 6.04 Å². The third-order valence-corrected chi connectivity index (χ3v) is 8.22. The number of tetrazole rings is 1. The lowest BCUT2D eigenvalue weighted by atomic mass is 10.00. The van der Waals surface area contributed by atoms with Gasteiger partial charge in [-0.25, -0.2) is 4.68 Å². The van der Waals surface area contributed by atoms with Crippen molar-refractivity contribution >= 4 is 10.9 Å². The van der Waals surface area contributed by atoms with Gasteiger partial charge in [0.15, 0.2) is 5.82 Å². The average Bonchev–Trinajstić information content (AvgIpc) is 3.74. The van der Waals surface area contributed by atoms with Gasteiger partial charge in [-0.05, 0) is 77.7 Å². The maximum atomic E-state index is 13.8. The molecule has 2 fully saturated rings. The Morgan fingerprint density at radius 1 is 1.13 bits per heavy atom. The molecule has 6 rings (SSSR count). The summed E-state index contributed by atoms with van der Waals surface area (Å²) >= 11 is 0. The van der Waals surface area contributed by atoms with E-state index in [1.54, 1.807) is 7.11 Å². The van der Waals surface area contributed by atoms with Gasteiger partial charge in [-0.3, -0.25) is 9.69 Å². The van der Waals surface area contributed by atoms with Gasteiger partial charge in [0.2, 0.25) is 0 Å². The van der Waals surface area contributed by atoms with Crippen molar-refractivity contribution in [2.24, 2.45) is 0 Å². The van der Waals surface area contributed by atoms with E-state index in [2.05, 4.69) is 37.5 Å². The lowest BCUT2D eigenvalue weighted by Crippen LogP contribution is -2.39. The molecule has 2 atom stereocenters. The smallest absolute Gasteiger partial charge is 0.253 e. The van der Waals surface area contributed by atoms with Crippen LogP contribution in [0.2, 0.25) is 0 Å². The number of fused-ring (bicyclic) bond motifs is 1. The van der Waals surface area contributed by atoms with Gasteiger partial charge in [0.25, 0.3) is 5.56 Å². The second-order valence-electron chi connectivity index (χ2n) is 10.8. The van der Waals surface area contributed by atoms with Gasteiger partial charge in [-0.2, -0.15) is 0 Å². The minimum absolute atomic E-state index is 0.0864. The van der Waals surface area contributed by atoms with Crippen LogP contribution in [-0.4, -0.2) is 56.5 Å². The quantitative estimate of drug-likeness (QED) is 0.336. The molecule has 2 aliphatic rings. The van der Waals surface area contributed by atoms with E-state index in [9.17, 15) is 4.79 Å². The van der Waals surface area contributed by atoms with Crippen molar-refractivity contribution in [3.05, 3.63) is 81.4 Å². The number of rotatable bonds is 9. The first kappa shape index (κ1) is 25.7. The summed E-state index contributed by atoms with van der Waals surface area (Å²) < 4.78 is 13.5. The van der Waals surface area contributed by atoms with Crippen molar-refractivity contribution in [3.63, 3.8) is 0 Å². The molecule has 2 aromatic heterocycles. The second kappa shape index (κ2) is 11.3. The molecule has 1 N–H and O–H groups in total. The molecule has 3 heterocycles. The molecule has 4 aromatic rings. The predicted octanol–water partition coefficient (Wildman–Crippen LogP) is 4.72. The highest BCUT2D eigenvalue weighted by Crippen LogP contribution is 2.35. The Balaban J connectivity index is 1.49. The van der Waals surface area contributed by atoms with Crippen LogP contribution in [0.15, 0.2) is 53.3 Å². The summed E-state index contributed by atoms with van der Waals surface area (Å²) in [6.07, 6.45) is 6.54. The van der Waals surface area contributed by atoms with E-state index in [-0.39, 0.29) is 17.7 Å². The van der Waals surface area contributed by atoms with Crippen molar-refractivity contribution in [1.82, 2.24) is 30.1 Å². The Morgan fingerprint density at radius 3 is 2.69 bits per heavy atom. The van der Waals surface area contributed by atoms with Gasteiger partial charge >= 0.3 is 0 Å². The van der Waals surface area contributed by atoms with Crippen molar-refractivity contribution in [1.29, 1.82) is 0 Å². The van der Waals surface area contributed by atoms with E-state index in [1.807, 2.05) is 48.0 Å². The number of aryl methyl sites for hydroxylation is 1. The molecule has 1 saturated heterocycles. The third kappa shape index (κ3) is 5.33. The number of hydrogen-bond acceptors (Lipinski definition) is 7. The van der Waals surface area contributed by atoms with Crippen LogP contribution < -0.4 is 10.3 Å². The minimum Gasteiger partial charge on any atom is -0.497 e. The van der Waals surface area contributed by atoms with Crippen LogP contribution in [0, 0.1) is 6.92 Å². The number of hydrogen-bond donors (Lipinski definition) is 1. The lowest BCUT2D eigenvalue weighted by Gasteiger charge is -2.33. The number of aromatic amines is 1. The minimum atomic E-state index is -0.444. The van der Waals surface area contributed by atoms with E-state index in [0.717, 1.165) is 72.9 Å². The summed E-state index contributed by atoms with van der Waals surface area (Å²) in [5.41, 5.74) is 3.55. The first-order valence-electron chi connectivity index (χ1n) is 14.0. The van der Waals surface area contributed by atoms with Crippen LogP contribution in [-0.2, 0) is 11.3 Å². The molecule has 1 aliphatic carbocycles. The normalized spacial score (nSPS) is 18.8. The predicted molar refractivity (Wildman–Crippen MR) is 149 cm³/mol. The molecule has 0 spiro atoms. The first-order chi connectivity index (χ1) is 19.1. The molecule has 0 bridgehead atoms. The monoisotopic (exact) mass is 528 g/mol. The van der Waals surface area contributed by atoms with Crippen LogP contribution in [0.5, 0.6) is 5.75 Å². The zero-order chi connectivity index (χ0) is 26.8. The molecule has 9 nitrogen and oxygen atoms in total. The number of nitrogens with one attached hydrogen (secondary N) is 1. The summed E-state index contributed by atoms with van der Waals surface area (Å²) in [4.78, 5) is 19.3. The highest BCUT2D eigenvalue weighted by atomic mass is 16.5. The van der Waals surface area contributed by atoms with Crippen molar-refractivity contribution in [2.45, 2.75) is 70.2 Å². The number of para-hydroxylation sites is 1. The fourth-order valence-electron chi connectivity index (χ4n) is 6.17. The van der Waals surface area contributed by atoms with Gasteiger partial charge in [0.1, 0.15) is 11.8 Å². The number of methoxy groups -OCH3 is 1. The highest BCUT2D eigenvalue weighted by Gasteiger charge is 2.35. The summed E-state index contributed by atoms with van der Waals surface area (Å²) in [6, 6.07) is 16.0. The fraction of sp³-hybridized carbons (Fsp3) is 0.467. The van der Waals surface area contributed by atoms with Gasteiger partial charge in [0.05, 0.1) is 24.8 Å². The molecular formula is C30H36N6O3. The molecule has 0 radical (unpaired) electrons. The van der Waals surface area contributed by atoms with E-state index in [0.29, 0.717) is 24.5 Å². The Hall–Kier alpha value is -3.56. The number of pyridine rings is 1. The van der Waals surface area contributed by atoms with Gasteiger partial charge in [-0.1, -0.05) is 43.2 Å². The fourth-order valence-corrected chi connectivity index (χ4v) is 6.17. The van der Waals surface area contributed by atoms with Gasteiger partial charge in [-0.15, -0.1) is 5.10 Å². The van der Waals surface area contributed by atoms with Crippen molar-refractivity contribution in [3.8, 4) is 5.75 Å². The van der Waals surface area contributed by atoms with Crippen LogP contribution >= 0.6 is 0 Å². The Labute approximate surface area is 228 Å². The summed E-state index contributed by atoms with van der Waals surface area (Å²) in [5, 5.41) is 14.2. The molecule has 9 heteroatoms. The SMILES string of the molecule is COc1ccc(CN(CC2CCCO2)C(c2cc3cccc(C)c3[nH]c2=O)c2nnnn2C2CCCC2)cc1. The topological polar surface area (TPSA) is 98.2 Å². The number of aromatic nitrogens is 5. The largest absolute Gasteiger partial charge is 0.497 e. The molecule has 1 aliphatic heterocycles. The molecule has 1 saturated carbocycles. The average molecular weight is 529 g/mol. The summed E-state index contributed by atoms with van der Waals surface area (Å²) in [6.45, 7) is 4.06. The van der Waals surface area contributed by atoms with E-state index in [1.165, 1.54) is 0 Å². The van der Waals surface area contributed by atoms with Crippen LogP contribution in [0.1, 0.15) is 73.1 Å². The Morgan fingerprint density at radius 2 is 1.95 bits per heavy atom.